The molecule has 21 heavy (non-hydrogen) atoms. The topological polar surface area (TPSA) is 49.3 Å². The Labute approximate surface area is 128 Å². The van der Waals surface area contributed by atoms with Gasteiger partial charge in [-0.1, -0.05) is 30.3 Å². The molecule has 0 heterocycles. The van der Waals surface area contributed by atoms with Crippen LogP contribution in [0.1, 0.15) is 29.6 Å². The van der Waals surface area contributed by atoms with Crippen molar-refractivity contribution in [1.82, 2.24) is 5.32 Å². The summed E-state index contributed by atoms with van der Waals surface area (Å²) in [5.74, 6) is 0.266. The van der Waals surface area contributed by atoms with Crippen LogP contribution in [0.4, 0.5) is 0 Å². The number of benzene rings is 2. The summed E-state index contributed by atoms with van der Waals surface area (Å²) in [6.07, 6.45) is 3.02. The number of hydrogen-bond donors (Lipinski definition) is 2. The smallest absolute Gasteiger partial charge is 0.255 e. The quantitative estimate of drug-likeness (QED) is 0.850. The third-order valence-electron chi connectivity index (χ3n) is 4.17. The number of aromatic hydroxyl groups is 1. The number of amides is 1. The van der Waals surface area contributed by atoms with Crippen molar-refractivity contribution in [3.05, 3.63) is 42.0 Å². The first kappa shape index (κ1) is 14.2. The van der Waals surface area contributed by atoms with Gasteiger partial charge in [0.1, 0.15) is 5.75 Å². The fourth-order valence-corrected chi connectivity index (χ4v) is 3.35. The maximum atomic E-state index is 12.2. The van der Waals surface area contributed by atoms with Crippen LogP contribution in [0.25, 0.3) is 10.8 Å². The maximum absolute atomic E-state index is 12.2. The van der Waals surface area contributed by atoms with Gasteiger partial charge in [-0.2, -0.15) is 0 Å². The third-order valence-corrected chi connectivity index (χ3v) is 4.57. The van der Waals surface area contributed by atoms with Gasteiger partial charge in [0.2, 0.25) is 0 Å². The van der Waals surface area contributed by atoms with Crippen molar-refractivity contribution in [2.24, 2.45) is 5.92 Å². The molecule has 110 valence electrons. The number of halogens is 1. The number of carbonyl (C=O) groups excluding carboxylic acids is 1. The van der Waals surface area contributed by atoms with Gasteiger partial charge in [-0.05, 0) is 36.6 Å². The van der Waals surface area contributed by atoms with Gasteiger partial charge in [-0.25, -0.2) is 0 Å². The van der Waals surface area contributed by atoms with E-state index in [1.54, 1.807) is 6.07 Å². The molecule has 0 saturated heterocycles. The molecule has 2 N–H and O–H groups in total. The molecule has 0 aliphatic heterocycles. The van der Waals surface area contributed by atoms with E-state index >= 15 is 0 Å². The van der Waals surface area contributed by atoms with Gasteiger partial charge in [-0.3, -0.25) is 4.79 Å². The van der Waals surface area contributed by atoms with Crippen LogP contribution in [0.5, 0.6) is 5.75 Å². The first-order valence-corrected chi connectivity index (χ1v) is 7.72. The SMILES string of the molecule is O=C(NCC1CCC(Cl)C1)c1ccc2ccccc2c1O. The summed E-state index contributed by atoms with van der Waals surface area (Å²) in [6.45, 7) is 0.619. The average Bonchev–Trinajstić information content (AvgIpc) is 2.91. The highest BCUT2D eigenvalue weighted by Gasteiger charge is 2.23. The maximum Gasteiger partial charge on any atom is 0.255 e. The number of alkyl halides is 1. The number of phenols is 1. The van der Waals surface area contributed by atoms with Gasteiger partial charge in [-0.15, -0.1) is 11.6 Å². The largest absolute Gasteiger partial charge is 0.506 e. The number of fused-ring (bicyclic) bond motifs is 1. The number of carbonyl (C=O) groups is 1. The molecule has 1 amide bonds. The van der Waals surface area contributed by atoms with E-state index < -0.39 is 0 Å². The second-order valence-corrected chi connectivity index (χ2v) is 6.29. The molecule has 3 rings (SSSR count). The van der Waals surface area contributed by atoms with Crippen LogP contribution in [-0.4, -0.2) is 22.9 Å². The zero-order valence-corrected chi connectivity index (χ0v) is 12.4. The van der Waals surface area contributed by atoms with Gasteiger partial charge in [0.05, 0.1) is 5.56 Å². The predicted octanol–water partition coefficient (Wildman–Crippen LogP) is 3.68. The van der Waals surface area contributed by atoms with E-state index in [0.29, 0.717) is 23.4 Å². The van der Waals surface area contributed by atoms with Crippen molar-refractivity contribution in [2.75, 3.05) is 6.54 Å². The first-order chi connectivity index (χ1) is 10.1. The molecule has 0 aromatic heterocycles. The summed E-state index contributed by atoms with van der Waals surface area (Å²) < 4.78 is 0. The van der Waals surface area contributed by atoms with Crippen molar-refractivity contribution in [1.29, 1.82) is 0 Å². The number of phenolic OH excluding ortho intramolecular Hbond substituents is 1. The van der Waals surface area contributed by atoms with Crippen LogP contribution in [0.2, 0.25) is 0 Å². The minimum atomic E-state index is -0.226. The Morgan fingerprint density at radius 2 is 2.05 bits per heavy atom. The fourth-order valence-electron chi connectivity index (χ4n) is 2.97. The first-order valence-electron chi connectivity index (χ1n) is 7.28. The van der Waals surface area contributed by atoms with Crippen LogP contribution in [-0.2, 0) is 0 Å². The summed E-state index contributed by atoms with van der Waals surface area (Å²) in [7, 11) is 0. The minimum absolute atomic E-state index is 0.0484. The molecule has 1 aliphatic carbocycles. The van der Waals surface area contributed by atoms with Gasteiger partial charge >= 0.3 is 0 Å². The van der Waals surface area contributed by atoms with Crippen molar-refractivity contribution in [3.63, 3.8) is 0 Å². The molecule has 3 nitrogen and oxygen atoms in total. The fraction of sp³-hybridized carbons (Fsp3) is 0.353. The molecule has 0 radical (unpaired) electrons. The Balaban J connectivity index is 1.74. The highest BCUT2D eigenvalue weighted by Crippen LogP contribution is 2.30. The number of nitrogens with one attached hydrogen (secondary N) is 1. The standard InChI is InChI=1S/C17H18ClNO2/c18-13-7-5-11(9-13)10-19-17(21)15-8-6-12-3-1-2-4-14(12)16(15)20/h1-4,6,8,11,13,20H,5,7,9-10H2,(H,19,21). The van der Waals surface area contributed by atoms with E-state index in [-0.39, 0.29) is 17.0 Å². The zero-order chi connectivity index (χ0) is 14.8. The van der Waals surface area contributed by atoms with E-state index in [4.69, 9.17) is 11.6 Å². The van der Waals surface area contributed by atoms with Crippen molar-refractivity contribution in [3.8, 4) is 5.75 Å². The zero-order valence-electron chi connectivity index (χ0n) is 11.7. The Kier molecular flexibility index (Phi) is 4.02. The van der Waals surface area contributed by atoms with Crippen LogP contribution < -0.4 is 5.32 Å². The van der Waals surface area contributed by atoms with E-state index in [1.165, 1.54) is 0 Å². The third kappa shape index (κ3) is 2.98. The van der Waals surface area contributed by atoms with Gasteiger partial charge < -0.3 is 10.4 Å². The Morgan fingerprint density at radius 1 is 1.24 bits per heavy atom. The Hall–Kier alpha value is -1.74. The number of hydrogen-bond acceptors (Lipinski definition) is 2. The lowest BCUT2D eigenvalue weighted by Gasteiger charge is -2.12. The average molecular weight is 304 g/mol. The van der Waals surface area contributed by atoms with E-state index in [1.807, 2.05) is 30.3 Å². The van der Waals surface area contributed by atoms with Gasteiger partial charge in [0.15, 0.2) is 0 Å². The molecular weight excluding hydrogens is 286 g/mol. The second-order valence-electron chi connectivity index (χ2n) is 5.67. The van der Waals surface area contributed by atoms with Crippen LogP contribution >= 0.6 is 11.6 Å². The van der Waals surface area contributed by atoms with Crippen LogP contribution in [0, 0.1) is 5.92 Å². The summed E-state index contributed by atoms with van der Waals surface area (Å²) >= 11 is 6.08. The molecule has 1 fully saturated rings. The normalized spacial score (nSPS) is 21.6. The summed E-state index contributed by atoms with van der Waals surface area (Å²) in [5, 5.41) is 15.0. The predicted molar refractivity (Wildman–Crippen MR) is 84.9 cm³/mol. The molecule has 0 spiro atoms. The molecule has 2 atom stereocenters. The molecule has 2 aromatic rings. The van der Waals surface area contributed by atoms with Gasteiger partial charge in [0.25, 0.3) is 5.91 Å². The molecule has 1 aliphatic rings. The monoisotopic (exact) mass is 303 g/mol. The lowest BCUT2D eigenvalue weighted by atomic mass is 10.0. The minimum Gasteiger partial charge on any atom is -0.506 e. The molecule has 0 bridgehead atoms. The molecular formula is C17H18ClNO2. The second kappa shape index (κ2) is 5.94. The highest BCUT2D eigenvalue weighted by molar-refractivity contribution is 6.20. The Morgan fingerprint density at radius 3 is 2.81 bits per heavy atom. The summed E-state index contributed by atoms with van der Waals surface area (Å²) in [4.78, 5) is 12.2. The molecule has 2 aromatic carbocycles. The highest BCUT2D eigenvalue weighted by atomic mass is 35.5. The van der Waals surface area contributed by atoms with Gasteiger partial charge in [0, 0.05) is 17.3 Å². The van der Waals surface area contributed by atoms with Crippen molar-refractivity contribution >= 4 is 28.3 Å². The summed E-state index contributed by atoms with van der Waals surface area (Å²) in [6, 6.07) is 11.0. The summed E-state index contributed by atoms with van der Waals surface area (Å²) in [5.41, 5.74) is 0.328. The molecule has 2 unspecified atom stereocenters. The lowest BCUT2D eigenvalue weighted by Crippen LogP contribution is -2.28. The van der Waals surface area contributed by atoms with E-state index in [9.17, 15) is 9.90 Å². The Bertz CT molecular complexity index is 671. The van der Waals surface area contributed by atoms with E-state index in [0.717, 1.165) is 24.6 Å². The molecule has 4 heteroatoms. The van der Waals surface area contributed by atoms with Crippen LogP contribution in [0.3, 0.4) is 0 Å². The van der Waals surface area contributed by atoms with Crippen LogP contribution in [0.15, 0.2) is 36.4 Å². The number of rotatable bonds is 3. The lowest BCUT2D eigenvalue weighted by molar-refractivity contribution is 0.0945. The van der Waals surface area contributed by atoms with E-state index in [2.05, 4.69) is 5.32 Å². The molecule has 1 saturated carbocycles. The van der Waals surface area contributed by atoms with Crippen molar-refractivity contribution in [2.45, 2.75) is 24.6 Å². The van der Waals surface area contributed by atoms with Crippen molar-refractivity contribution < 1.29 is 9.90 Å².